The molecule has 0 aliphatic carbocycles. The number of carbonyl (C=O) groups is 2. The third kappa shape index (κ3) is 5.81. The molecule has 0 spiro atoms. The van der Waals surface area contributed by atoms with Gasteiger partial charge in [0.1, 0.15) is 0 Å². The highest BCUT2D eigenvalue weighted by atomic mass is 16.5. The molecule has 1 heterocycles. The van der Waals surface area contributed by atoms with Crippen LogP contribution in [0.1, 0.15) is 40.5 Å². The summed E-state index contributed by atoms with van der Waals surface area (Å²) >= 11 is 0. The highest BCUT2D eigenvalue weighted by Gasteiger charge is 2.16. The van der Waals surface area contributed by atoms with Gasteiger partial charge in [0.15, 0.2) is 0 Å². The van der Waals surface area contributed by atoms with E-state index in [1.165, 1.54) is 18.5 Å². The molecular weight excluding hydrogens is 366 g/mol. The minimum absolute atomic E-state index is 0.184. The predicted octanol–water partition coefficient (Wildman–Crippen LogP) is 3.55. The van der Waals surface area contributed by atoms with Crippen LogP contribution in [0.3, 0.4) is 0 Å². The van der Waals surface area contributed by atoms with Gasteiger partial charge in [-0.3, -0.25) is 9.59 Å². The standard InChI is InChI=1S/C23H29N3O3/c1-17-11-14-26(15-12-17)21-9-7-20(8-10-21)25-23(28)19-5-3-18(4-6-19)22(27)24-13-16-29-2/h3-10,17H,11-16H2,1-2H3,(H,24,27)(H,25,28). The van der Waals surface area contributed by atoms with E-state index < -0.39 is 0 Å². The van der Waals surface area contributed by atoms with Crippen molar-refractivity contribution in [1.29, 1.82) is 0 Å². The molecule has 2 aromatic carbocycles. The first kappa shape index (κ1) is 20.9. The monoisotopic (exact) mass is 395 g/mol. The van der Waals surface area contributed by atoms with Crippen molar-refractivity contribution in [3.05, 3.63) is 59.7 Å². The molecule has 154 valence electrons. The molecule has 0 radical (unpaired) electrons. The first-order valence-corrected chi connectivity index (χ1v) is 10.1. The number of hydrogen-bond acceptors (Lipinski definition) is 4. The maximum atomic E-state index is 12.5. The molecule has 6 nitrogen and oxygen atoms in total. The average molecular weight is 396 g/mol. The lowest BCUT2D eigenvalue weighted by Crippen LogP contribution is -2.32. The second-order valence-electron chi connectivity index (χ2n) is 7.50. The number of methoxy groups -OCH3 is 1. The maximum absolute atomic E-state index is 12.5. The summed E-state index contributed by atoms with van der Waals surface area (Å²) in [6.07, 6.45) is 2.44. The van der Waals surface area contributed by atoms with Crippen LogP contribution in [0.25, 0.3) is 0 Å². The Balaban J connectivity index is 1.55. The molecule has 0 unspecified atom stereocenters. The van der Waals surface area contributed by atoms with E-state index in [1.807, 2.05) is 12.1 Å². The maximum Gasteiger partial charge on any atom is 0.255 e. The van der Waals surface area contributed by atoms with Crippen LogP contribution < -0.4 is 15.5 Å². The molecule has 29 heavy (non-hydrogen) atoms. The Hall–Kier alpha value is -2.86. The zero-order chi connectivity index (χ0) is 20.6. The van der Waals surface area contributed by atoms with Crippen LogP contribution in [0.5, 0.6) is 0 Å². The van der Waals surface area contributed by atoms with Gasteiger partial charge in [-0.1, -0.05) is 6.92 Å². The smallest absolute Gasteiger partial charge is 0.255 e. The summed E-state index contributed by atoms with van der Waals surface area (Å²) < 4.78 is 4.91. The van der Waals surface area contributed by atoms with E-state index in [4.69, 9.17) is 4.74 Å². The number of ether oxygens (including phenoxy) is 1. The summed E-state index contributed by atoms with van der Waals surface area (Å²) in [4.78, 5) is 26.9. The fourth-order valence-corrected chi connectivity index (χ4v) is 3.37. The average Bonchev–Trinajstić information content (AvgIpc) is 2.75. The van der Waals surface area contributed by atoms with Crippen LogP contribution in [-0.2, 0) is 4.74 Å². The van der Waals surface area contributed by atoms with Crippen molar-refractivity contribution in [3.8, 4) is 0 Å². The lowest BCUT2D eigenvalue weighted by Gasteiger charge is -2.32. The predicted molar refractivity (Wildman–Crippen MR) is 116 cm³/mol. The minimum Gasteiger partial charge on any atom is -0.383 e. The lowest BCUT2D eigenvalue weighted by atomic mass is 9.99. The number of benzene rings is 2. The first-order valence-electron chi connectivity index (χ1n) is 10.1. The van der Waals surface area contributed by atoms with Crippen LogP contribution in [0.15, 0.2) is 48.5 Å². The fraction of sp³-hybridized carbons (Fsp3) is 0.391. The van der Waals surface area contributed by atoms with Crippen LogP contribution in [0.4, 0.5) is 11.4 Å². The quantitative estimate of drug-likeness (QED) is 0.704. The van der Waals surface area contributed by atoms with Gasteiger partial charge >= 0.3 is 0 Å². The van der Waals surface area contributed by atoms with Crippen molar-refractivity contribution >= 4 is 23.2 Å². The topological polar surface area (TPSA) is 70.7 Å². The Morgan fingerprint density at radius 1 is 0.966 bits per heavy atom. The van der Waals surface area contributed by atoms with E-state index in [2.05, 4.69) is 34.6 Å². The number of piperidine rings is 1. The Kier molecular flexibility index (Phi) is 7.25. The summed E-state index contributed by atoms with van der Waals surface area (Å²) in [6, 6.07) is 14.6. The number of nitrogens with zero attached hydrogens (tertiary/aromatic N) is 1. The van der Waals surface area contributed by atoms with E-state index in [1.54, 1.807) is 31.4 Å². The number of anilines is 2. The number of nitrogens with one attached hydrogen (secondary N) is 2. The molecule has 1 fully saturated rings. The Bertz CT molecular complexity index is 810. The third-order valence-corrected chi connectivity index (χ3v) is 5.27. The summed E-state index contributed by atoms with van der Waals surface area (Å²) in [5.74, 6) is 0.417. The molecule has 6 heteroatoms. The molecule has 3 rings (SSSR count). The number of amides is 2. The van der Waals surface area contributed by atoms with Crippen molar-refractivity contribution in [3.63, 3.8) is 0 Å². The van der Waals surface area contributed by atoms with E-state index in [-0.39, 0.29) is 11.8 Å². The summed E-state index contributed by atoms with van der Waals surface area (Å²) in [6.45, 7) is 5.37. The molecule has 1 aliphatic heterocycles. The van der Waals surface area contributed by atoms with E-state index in [0.29, 0.717) is 24.3 Å². The summed E-state index contributed by atoms with van der Waals surface area (Å²) in [7, 11) is 1.58. The fourth-order valence-electron chi connectivity index (χ4n) is 3.37. The normalized spacial score (nSPS) is 14.5. The molecule has 0 aromatic heterocycles. The molecule has 0 saturated carbocycles. The van der Waals surface area contributed by atoms with Gasteiger partial charge in [-0.25, -0.2) is 0 Å². The van der Waals surface area contributed by atoms with Gasteiger partial charge in [-0.2, -0.15) is 0 Å². The second kappa shape index (κ2) is 10.1. The van der Waals surface area contributed by atoms with Crippen LogP contribution in [0, 0.1) is 5.92 Å². The summed E-state index contributed by atoms with van der Waals surface area (Å²) in [5.41, 5.74) is 2.97. The van der Waals surface area contributed by atoms with E-state index in [9.17, 15) is 9.59 Å². The Morgan fingerprint density at radius 2 is 1.55 bits per heavy atom. The van der Waals surface area contributed by atoms with Gasteiger partial charge in [0.25, 0.3) is 11.8 Å². The van der Waals surface area contributed by atoms with Crippen LogP contribution >= 0.6 is 0 Å². The highest BCUT2D eigenvalue weighted by Crippen LogP contribution is 2.24. The van der Waals surface area contributed by atoms with Gasteiger partial charge in [-0.15, -0.1) is 0 Å². The summed E-state index contributed by atoms with van der Waals surface area (Å²) in [5, 5.41) is 5.67. The Morgan fingerprint density at radius 3 is 2.14 bits per heavy atom. The van der Waals surface area contributed by atoms with Crippen molar-refractivity contribution in [2.45, 2.75) is 19.8 Å². The van der Waals surface area contributed by atoms with Gasteiger partial charge < -0.3 is 20.3 Å². The number of rotatable bonds is 7. The van der Waals surface area contributed by atoms with Gasteiger partial charge in [0.05, 0.1) is 6.61 Å². The highest BCUT2D eigenvalue weighted by molar-refractivity contribution is 6.05. The largest absolute Gasteiger partial charge is 0.383 e. The lowest BCUT2D eigenvalue weighted by molar-refractivity contribution is 0.0935. The van der Waals surface area contributed by atoms with Gasteiger partial charge in [-0.05, 0) is 67.3 Å². The van der Waals surface area contributed by atoms with Crippen LogP contribution in [-0.4, -0.2) is 45.2 Å². The molecular formula is C23H29N3O3. The van der Waals surface area contributed by atoms with Crippen molar-refractivity contribution < 1.29 is 14.3 Å². The molecule has 0 atom stereocenters. The molecule has 2 amide bonds. The first-order chi connectivity index (χ1) is 14.1. The molecule has 1 aliphatic rings. The number of carbonyl (C=O) groups excluding carboxylic acids is 2. The van der Waals surface area contributed by atoms with Crippen molar-refractivity contribution in [2.24, 2.45) is 5.92 Å². The van der Waals surface area contributed by atoms with Gasteiger partial charge in [0.2, 0.25) is 0 Å². The third-order valence-electron chi connectivity index (χ3n) is 5.27. The zero-order valence-corrected chi connectivity index (χ0v) is 17.1. The van der Waals surface area contributed by atoms with Gasteiger partial charge in [0, 0.05) is 49.2 Å². The molecule has 0 bridgehead atoms. The minimum atomic E-state index is -0.198. The molecule has 1 saturated heterocycles. The van der Waals surface area contributed by atoms with Crippen molar-refractivity contribution in [1.82, 2.24) is 5.32 Å². The number of hydrogen-bond donors (Lipinski definition) is 2. The zero-order valence-electron chi connectivity index (χ0n) is 17.1. The molecule has 2 N–H and O–H groups in total. The molecule has 2 aromatic rings. The van der Waals surface area contributed by atoms with E-state index >= 15 is 0 Å². The van der Waals surface area contributed by atoms with E-state index in [0.717, 1.165) is 24.7 Å². The van der Waals surface area contributed by atoms with Crippen molar-refractivity contribution in [2.75, 3.05) is 43.6 Å². The Labute approximate surface area is 172 Å². The SMILES string of the molecule is COCCNC(=O)c1ccc(C(=O)Nc2ccc(N3CCC(C)CC3)cc2)cc1. The second-order valence-corrected chi connectivity index (χ2v) is 7.50. The van der Waals surface area contributed by atoms with Crippen LogP contribution in [0.2, 0.25) is 0 Å².